The van der Waals surface area contributed by atoms with Gasteiger partial charge >= 0.3 is 6.18 Å². The van der Waals surface area contributed by atoms with Crippen LogP contribution in [0.4, 0.5) is 13.2 Å². The van der Waals surface area contributed by atoms with Gasteiger partial charge < -0.3 is 0 Å². The van der Waals surface area contributed by atoms with E-state index < -0.39 is 11.7 Å². The third kappa shape index (κ3) is 3.32. The predicted octanol–water partition coefficient (Wildman–Crippen LogP) is 2.63. The van der Waals surface area contributed by atoms with Crippen molar-refractivity contribution < 1.29 is 18.0 Å². The second-order valence-corrected chi connectivity index (χ2v) is 3.25. The Morgan fingerprint density at radius 2 is 2.19 bits per heavy atom. The highest BCUT2D eigenvalue weighted by Gasteiger charge is 2.31. The zero-order valence-corrected chi connectivity index (χ0v) is 8.64. The zero-order valence-electron chi connectivity index (χ0n) is 7.88. The van der Waals surface area contributed by atoms with Crippen molar-refractivity contribution in [1.82, 2.24) is 4.98 Å². The molecule has 1 aromatic rings. The molecule has 1 heterocycles. The maximum absolute atomic E-state index is 12.3. The number of halogens is 4. The summed E-state index contributed by atoms with van der Waals surface area (Å²) in [5.41, 5.74) is -0.669. The molecule has 0 aromatic carbocycles. The van der Waals surface area contributed by atoms with Gasteiger partial charge in [0.1, 0.15) is 5.15 Å². The minimum atomic E-state index is -4.46. The summed E-state index contributed by atoms with van der Waals surface area (Å²) in [6, 6.07) is 0.898. The molecule has 0 aliphatic carbocycles. The number of nitrogens with zero attached hydrogens (tertiary/aromatic N) is 2. The maximum atomic E-state index is 12.3. The number of pyridine rings is 1. The van der Waals surface area contributed by atoms with E-state index in [0.29, 0.717) is 6.20 Å². The Morgan fingerprint density at radius 3 is 2.75 bits per heavy atom. The Hall–Kier alpha value is -1.39. The monoisotopic (exact) mass is 250 g/mol. The van der Waals surface area contributed by atoms with Crippen molar-refractivity contribution in [3.8, 4) is 0 Å². The number of alkyl halides is 3. The quantitative estimate of drug-likeness (QED) is 0.470. The van der Waals surface area contributed by atoms with Gasteiger partial charge in [-0.05, 0) is 18.1 Å². The van der Waals surface area contributed by atoms with Crippen molar-refractivity contribution in [2.45, 2.75) is 12.6 Å². The fourth-order valence-corrected chi connectivity index (χ4v) is 1.24. The molecule has 16 heavy (non-hydrogen) atoms. The summed E-state index contributed by atoms with van der Waals surface area (Å²) >= 11 is 5.61. The van der Waals surface area contributed by atoms with E-state index in [4.69, 9.17) is 11.6 Å². The average Bonchev–Trinajstić information content (AvgIpc) is 2.19. The molecule has 0 unspecified atom stereocenters. The topological polar surface area (TPSA) is 42.3 Å². The first-order chi connectivity index (χ1) is 7.45. The van der Waals surface area contributed by atoms with Crippen molar-refractivity contribution in [2.75, 3.05) is 6.54 Å². The van der Waals surface area contributed by atoms with E-state index in [1.807, 2.05) is 0 Å². The second-order valence-electron chi connectivity index (χ2n) is 2.89. The molecule has 0 N–H and O–H groups in total. The maximum Gasteiger partial charge on any atom is 0.417 e. The van der Waals surface area contributed by atoms with Gasteiger partial charge in [0.05, 0.1) is 12.1 Å². The Balaban J connectivity index is 2.95. The highest BCUT2D eigenvalue weighted by molar-refractivity contribution is 6.30. The van der Waals surface area contributed by atoms with Crippen LogP contribution in [0, 0.1) is 0 Å². The van der Waals surface area contributed by atoms with Crippen LogP contribution < -0.4 is 0 Å². The first-order valence-electron chi connectivity index (χ1n) is 4.20. The van der Waals surface area contributed by atoms with Crippen LogP contribution in [-0.2, 0) is 17.4 Å². The molecule has 0 bridgehead atoms. The van der Waals surface area contributed by atoms with Gasteiger partial charge in [-0.1, -0.05) is 11.6 Å². The van der Waals surface area contributed by atoms with Crippen molar-refractivity contribution in [1.29, 1.82) is 0 Å². The van der Waals surface area contributed by atoms with Gasteiger partial charge in [-0.2, -0.15) is 13.2 Å². The Morgan fingerprint density at radius 1 is 1.50 bits per heavy atom. The van der Waals surface area contributed by atoms with Crippen molar-refractivity contribution >= 4 is 17.7 Å². The minimum Gasteiger partial charge on any atom is -0.244 e. The van der Waals surface area contributed by atoms with Crippen molar-refractivity contribution in [3.63, 3.8) is 0 Å². The number of aliphatic imine (C=N–C) groups is 1. The average molecular weight is 251 g/mol. The van der Waals surface area contributed by atoms with Gasteiger partial charge in [-0.25, -0.2) is 14.8 Å². The van der Waals surface area contributed by atoms with Gasteiger partial charge in [-0.3, -0.25) is 0 Å². The minimum absolute atomic E-state index is 0.0194. The highest BCUT2D eigenvalue weighted by atomic mass is 35.5. The van der Waals surface area contributed by atoms with E-state index >= 15 is 0 Å². The van der Waals surface area contributed by atoms with Crippen LogP contribution in [0.25, 0.3) is 0 Å². The molecular formula is C9H6ClF3N2O. The molecule has 1 aromatic heterocycles. The predicted molar refractivity (Wildman–Crippen MR) is 50.9 cm³/mol. The molecule has 0 aliphatic rings. The molecule has 0 fully saturated rings. The molecule has 0 spiro atoms. The molecule has 3 nitrogen and oxygen atoms in total. The Labute approximate surface area is 94.0 Å². The summed E-state index contributed by atoms with van der Waals surface area (Å²) in [4.78, 5) is 16.4. The number of hydrogen-bond acceptors (Lipinski definition) is 3. The lowest BCUT2D eigenvalue weighted by atomic mass is 10.1. The van der Waals surface area contributed by atoms with Gasteiger partial charge in [0.15, 0.2) is 0 Å². The lowest BCUT2D eigenvalue weighted by molar-refractivity contribution is -0.137. The van der Waals surface area contributed by atoms with Gasteiger partial charge in [-0.15, -0.1) is 0 Å². The number of aromatic nitrogens is 1. The second kappa shape index (κ2) is 5.09. The van der Waals surface area contributed by atoms with Crippen LogP contribution in [0.5, 0.6) is 0 Å². The summed E-state index contributed by atoms with van der Waals surface area (Å²) in [6.07, 6.45) is -2.39. The van der Waals surface area contributed by atoms with E-state index in [9.17, 15) is 18.0 Å². The van der Waals surface area contributed by atoms with Crippen LogP contribution in [0.1, 0.15) is 11.1 Å². The van der Waals surface area contributed by atoms with Crippen molar-refractivity contribution in [2.24, 2.45) is 4.99 Å². The van der Waals surface area contributed by atoms with Crippen LogP contribution in [0.15, 0.2) is 17.3 Å². The molecule has 0 radical (unpaired) electrons. The lowest BCUT2D eigenvalue weighted by Crippen LogP contribution is -2.07. The SMILES string of the molecule is O=C=NCCc1cc(C(F)(F)F)cnc1Cl. The van der Waals surface area contributed by atoms with E-state index in [1.165, 1.54) is 6.08 Å². The Kier molecular flexibility index (Phi) is 4.04. The largest absolute Gasteiger partial charge is 0.417 e. The van der Waals surface area contributed by atoms with E-state index in [0.717, 1.165) is 6.07 Å². The molecule has 0 amide bonds. The molecule has 7 heteroatoms. The third-order valence-electron chi connectivity index (χ3n) is 1.80. The first-order valence-corrected chi connectivity index (χ1v) is 4.58. The lowest BCUT2D eigenvalue weighted by Gasteiger charge is -2.08. The summed E-state index contributed by atoms with van der Waals surface area (Å²) in [5.74, 6) is 0. The van der Waals surface area contributed by atoms with Gasteiger partial charge in [0.2, 0.25) is 6.08 Å². The molecule has 86 valence electrons. The van der Waals surface area contributed by atoms with Gasteiger partial charge in [0, 0.05) is 6.20 Å². The van der Waals surface area contributed by atoms with E-state index in [1.54, 1.807) is 0 Å². The number of hydrogen-bond donors (Lipinski definition) is 0. The molecule has 0 saturated carbocycles. The van der Waals surface area contributed by atoms with Gasteiger partial charge in [0.25, 0.3) is 0 Å². The summed E-state index contributed by atoms with van der Waals surface area (Å²) < 4.78 is 37.0. The van der Waals surface area contributed by atoms with Crippen LogP contribution in [-0.4, -0.2) is 17.6 Å². The normalized spacial score (nSPS) is 11.0. The fourth-order valence-electron chi connectivity index (χ4n) is 1.05. The first kappa shape index (κ1) is 12.7. The summed E-state index contributed by atoms with van der Waals surface area (Å²) in [5, 5.41) is -0.0194. The van der Waals surface area contributed by atoms with E-state index in [-0.39, 0.29) is 23.7 Å². The van der Waals surface area contributed by atoms with E-state index in [2.05, 4.69) is 9.98 Å². The smallest absolute Gasteiger partial charge is 0.244 e. The molecule has 0 aliphatic heterocycles. The van der Waals surface area contributed by atoms with Crippen molar-refractivity contribution in [3.05, 3.63) is 28.5 Å². The summed E-state index contributed by atoms with van der Waals surface area (Å²) in [6.45, 7) is 0.0339. The molecular weight excluding hydrogens is 245 g/mol. The zero-order chi connectivity index (χ0) is 12.2. The Bertz CT molecular complexity index is 427. The number of rotatable bonds is 3. The fraction of sp³-hybridized carbons (Fsp3) is 0.333. The number of isocyanates is 1. The highest BCUT2D eigenvalue weighted by Crippen LogP contribution is 2.30. The molecule has 0 saturated heterocycles. The number of carbonyl (C=O) groups excluding carboxylic acids is 1. The van der Waals surface area contributed by atoms with Crippen LogP contribution >= 0.6 is 11.6 Å². The standard InChI is InChI=1S/C9H6ClF3N2O/c10-8-6(1-2-14-5-16)3-7(4-15-8)9(11,12)13/h3-4H,1-2H2. The van der Waals surface area contributed by atoms with Crippen LogP contribution in [0.2, 0.25) is 5.15 Å². The molecule has 1 rings (SSSR count). The summed E-state index contributed by atoms with van der Waals surface area (Å²) in [7, 11) is 0. The third-order valence-corrected chi connectivity index (χ3v) is 2.14. The van der Waals surface area contributed by atoms with Crippen LogP contribution in [0.3, 0.4) is 0 Å². The molecule has 0 atom stereocenters.